The molecule has 0 unspecified atom stereocenters. The number of carbonyl (C=O) groups is 1. The first-order valence-corrected chi connectivity index (χ1v) is 11.0. The van der Waals surface area contributed by atoms with Gasteiger partial charge in [-0.05, 0) is 48.0 Å². The minimum Gasteiger partial charge on any atom is -0.351 e. The molecule has 2 aromatic carbocycles. The molecule has 2 aromatic heterocycles. The summed E-state index contributed by atoms with van der Waals surface area (Å²) in [5.74, 6) is 0.653. The Hall–Kier alpha value is -3.13. The van der Waals surface area contributed by atoms with Crippen molar-refractivity contribution >= 4 is 44.3 Å². The van der Waals surface area contributed by atoms with Crippen molar-refractivity contribution in [1.82, 2.24) is 19.6 Å². The lowest BCUT2D eigenvalue weighted by Gasteiger charge is -2.35. The van der Waals surface area contributed by atoms with Crippen LogP contribution in [-0.2, 0) is 6.54 Å². The fraction of sp³-hybridized carbons (Fsp3) is 0.217. The van der Waals surface area contributed by atoms with Crippen LogP contribution in [0.15, 0.2) is 65.3 Å². The number of urea groups is 1. The van der Waals surface area contributed by atoms with E-state index in [1.807, 2.05) is 23.1 Å². The molecule has 0 bridgehead atoms. The molecule has 0 atom stereocenters. The topological polar surface area (TPSA) is 52.9 Å². The minimum absolute atomic E-state index is 0.104. The standard InChI is InChI=1S/C23H21BrFN5O/c24-17-5-8-20-19(14-17)27-22(21-2-1-9-30(20)21)28-10-12-29(13-11-28)23(31)26-15-16-3-6-18(25)7-4-16/h1-9,14H,10-13,15H2,(H,26,31). The molecule has 0 radical (unpaired) electrons. The van der Waals surface area contributed by atoms with Crippen LogP contribution in [0.25, 0.3) is 16.6 Å². The zero-order valence-corrected chi connectivity index (χ0v) is 18.3. The fourth-order valence-electron chi connectivity index (χ4n) is 3.98. The first kappa shape index (κ1) is 19.8. The van der Waals surface area contributed by atoms with E-state index >= 15 is 0 Å². The van der Waals surface area contributed by atoms with Crippen LogP contribution < -0.4 is 10.2 Å². The number of carbonyl (C=O) groups excluding carboxylic acids is 1. The Kier molecular flexibility index (Phi) is 5.23. The summed E-state index contributed by atoms with van der Waals surface area (Å²) in [5.41, 5.74) is 3.91. The number of aromatic nitrogens is 2. The molecule has 1 saturated heterocycles. The number of hydrogen-bond acceptors (Lipinski definition) is 3. The molecule has 0 saturated carbocycles. The second kappa shape index (κ2) is 8.19. The summed E-state index contributed by atoms with van der Waals surface area (Å²) in [4.78, 5) is 21.5. The Balaban J connectivity index is 1.28. The van der Waals surface area contributed by atoms with Gasteiger partial charge in [-0.3, -0.25) is 0 Å². The zero-order valence-electron chi connectivity index (χ0n) is 16.8. The Morgan fingerprint density at radius 2 is 1.81 bits per heavy atom. The third-order valence-electron chi connectivity index (χ3n) is 5.62. The van der Waals surface area contributed by atoms with Crippen molar-refractivity contribution in [3.05, 3.63) is 76.6 Å². The Bertz CT molecular complexity index is 1250. The molecule has 3 heterocycles. The van der Waals surface area contributed by atoms with Crippen LogP contribution in [0.4, 0.5) is 15.0 Å². The molecular formula is C23H21BrFN5O. The molecule has 6 nitrogen and oxygen atoms in total. The van der Waals surface area contributed by atoms with E-state index in [0.717, 1.165) is 32.4 Å². The molecule has 31 heavy (non-hydrogen) atoms. The molecule has 0 spiro atoms. The molecule has 1 fully saturated rings. The number of halogens is 2. The van der Waals surface area contributed by atoms with Gasteiger partial charge in [-0.25, -0.2) is 14.2 Å². The molecule has 5 rings (SSSR count). The zero-order chi connectivity index (χ0) is 21.4. The number of amides is 2. The van der Waals surface area contributed by atoms with Crippen molar-refractivity contribution in [3.63, 3.8) is 0 Å². The van der Waals surface area contributed by atoms with Gasteiger partial charge >= 0.3 is 6.03 Å². The Labute approximate surface area is 187 Å². The average Bonchev–Trinajstić information content (AvgIpc) is 3.28. The molecular weight excluding hydrogens is 461 g/mol. The van der Waals surface area contributed by atoms with E-state index in [9.17, 15) is 9.18 Å². The number of anilines is 1. The van der Waals surface area contributed by atoms with Crippen molar-refractivity contribution in [2.24, 2.45) is 0 Å². The summed E-state index contributed by atoms with van der Waals surface area (Å²) in [5, 5.41) is 2.92. The van der Waals surface area contributed by atoms with Gasteiger partial charge in [-0.2, -0.15) is 0 Å². The predicted octanol–water partition coefficient (Wildman–Crippen LogP) is 4.42. The lowest BCUT2D eigenvalue weighted by Crippen LogP contribution is -2.52. The van der Waals surface area contributed by atoms with Gasteiger partial charge in [0.2, 0.25) is 0 Å². The van der Waals surface area contributed by atoms with Gasteiger partial charge in [-0.15, -0.1) is 0 Å². The van der Waals surface area contributed by atoms with Crippen molar-refractivity contribution in [2.45, 2.75) is 6.54 Å². The highest BCUT2D eigenvalue weighted by Crippen LogP contribution is 2.27. The van der Waals surface area contributed by atoms with Crippen LogP contribution in [-0.4, -0.2) is 46.5 Å². The van der Waals surface area contributed by atoms with Crippen molar-refractivity contribution < 1.29 is 9.18 Å². The maximum atomic E-state index is 13.0. The van der Waals surface area contributed by atoms with E-state index in [1.165, 1.54) is 12.1 Å². The second-order valence-corrected chi connectivity index (χ2v) is 8.51. The third-order valence-corrected chi connectivity index (χ3v) is 6.12. The highest BCUT2D eigenvalue weighted by molar-refractivity contribution is 9.10. The van der Waals surface area contributed by atoms with E-state index in [4.69, 9.17) is 4.98 Å². The molecule has 1 N–H and O–H groups in total. The minimum atomic E-state index is -0.280. The van der Waals surface area contributed by atoms with Crippen LogP contribution in [0.5, 0.6) is 0 Å². The highest BCUT2D eigenvalue weighted by atomic mass is 79.9. The SMILES string of the molecule is O=C(NCc1ccc(F)cc1)N1CCN(c2nc3cc(Br)ccc3n3cccc23)CC1. The number of hydrogen-bond donors (Lipinski definition) is 1. The first-order chi connectivity index (χ1) is 15.1. The number of rotatable bonds is 3. The van der Waals surface area contributed by atoms with Gasteiger partial charge in [0.05, 0.1) is 16.6 Å². The van der Waals surface area contributed by atoms with Crippen molar-refractivity contribution in [1.29, 1.82) is 0 Å². The summed E-state index contributed by atoms with van der Waals surface area (Å²) in [6.07, 6.45) is 2.05. The van der Waals surface area contributed by atoms with E-state index in [2.05, 4.69) is 48.9 Å². The number of benzene rings is 2. The quantitative estimate of drug-likeness (QED) is 0.471. The fourth-order valence-corrected chi connectivity index (χ4v) is 4.33. The molecule has 8 heteroatoms. The monoisotopic (exact) mass is 481 g/mol. The molecule has 0 aliphatic carbocycles. The average molecular weight is 482 g/mol. The van der Waals surface area contributed by atoms with Crippen LogP contribution in [0.3, 0.4) is 0 Å². The summed E-state index contributed by atoms with van der Waals surface area (Å²) in [6.45, 7) is 3.01. The molecule has 1 aliphatic rings. The van der Waals surface area contributed by atoms with Crippen molar-refractivity contribution in [2.75, 3.05) is 31.1 Å². The van der Waals surface area contributed by atoms with Crippen LogP contribution in [0, 0.1) is 5.82 Å². The van der Waals surface area contributed by atoms with Gasteiger partial charge in [0, 0.05) is 43.4 Å². The van der Waals surface area contributed by atoms with E-state index in [1.54, 1.807) is 12.1 Å². The number of piperazine rings is 1. The van der Waals surface area contributed by atoms with Gasteiger partial charge in [0.15, 0.2) is 5.82 Å². The lowest BCUT2D eigenvalue weighted by atomic mass is 10.2. The maximum absolute atomic E-state index is 13.0. The lowest BCUT2D eigenvalue weighted by molar-refractivity contribution is 0.194. The number of nitrogens with zero attached hydrogens (tertiary/aromatic N) is 4. The van der Waals surface area contributed by atoms with Gasteiger partial charge in [0.25, 0.3) is 0 Å². The second-order valence-electron chi connectivity index (χ2n) is 7.59. The van der Waals surface area contributed by atoms with E-state index < -0.39 is 0 Å². The molecule has 2 amide bonds. The number of nitrogens with one attached hydrogen (secondary N) is 1. The van der Waals surface area contributed by atoms with Crippen LogP contribution in [0.2, 0.25) is 0 Å². The number of fused-ring (bicyclic) bond motifs is 3. The normalized spacial score (nSPS) is 14.4. The highest BCUT2D eigenvalue weighted by Gasteiger charge is 2.23. The molecule has 158 valence electrons. The molecule has 4 aromatic rings. The predicted molar refractivity (Wildman–Crippen MR) is 123 cm³/mol. The van der Waals surface area contributed by atoms with Gasteiger partial charge in [-0.1, -0.05) is 28.1 Å². The van der Waals surface area contributed by atoms with Crippen molar-refractivity contribution in [3.8, 4) is 0 Å². The van der Waals surface area contributed by atoms with Crippen LogP contribution >= 0.6 is 15.9 Å². The smallest absolute Gasteiger partial charge is 0.317 e. The molecule has 1 aliphatic heterocycles. The largest absolute Gasteiger partial charge is 0.351 e. The van der Waals surface area contributed by atoms with E-state index in [-0.39, 0.29) is 11.8 Å². The van der Waals surface area contributed by atoms with E-state index in [0.29, 0.717) is 32.7 Å². The summed E-state index contributed by atoms with van der Waals surface area (Å²) < 4.78 is 16.2. The summed E-state index contributed by atoms with van der Waals surface area (Å²) in [6, 6.07) is 16.3. The first-order valence-electron chi connectivity index (χ1n) is 10.2. The Morgan fingerprint density at radius 3 is 2.58 bits per heavy atom. The summed E-state index contributed by atoms with van der Waals surface area (Å²) >= 11 is 3.53. The van der Waals surface area contributed by atoms with Gasteiger partial charge in [0.1, 0.15) is 5.82 Å². The Morgan fingerprint density at radius 1 is 1.03 bits per heavy atom. The summed E-state index contributed by atoms with van der Waals surface area (Å²) in [7, 11) is 0. The third kappa shape index (κ3) is 3.95. The van der Waals surface area contributed by atoms with Gasteiger partial charge < -0.3 is 19.5 Å². The maximum Gasteiger partial charge on any atom is 0.317 e. The van der Waals surface area contributed by atoms with Crippen LogP contribution in [0.1, 0.15) is 5.56 Å².